The van der Waals surface area contributed by atoms with Crippen molar-refractivity contribution in [2.45, 2.75) is 346 Å². The lowest BCUT2D eigenvalue weighted by molar-refractivity contribution is -0.900. The van der Waals surface area contributed by atoms with Crippen LogP contribution in [0.25, 0.3) is 0 Å². The van der Waals surface area contributed by atoms with Crippen molar-refractivity contribution in [3.63, 3.8) is 0 Å². The zero-order valence-electron chi connectivity index (χ0n) is 74.7. The monoisotopic (exact) mass is 1790 g/mol. The highest BCUT2D eigenvalue weighted by Gasteiger charge is 2.49. The van der Waals surface area contributed by atoms with E-state index in [-0.39, 0.29) is 0 Å². The number of hydrogen-bond acceptors (Lipinski definition) is 25. The summed E-state index contributed by atoms with van der Waals surface area (Å²) in [6, 6.07) is 1.70. The Hall–Kier alpha value is -2.27. The van der Waals surface area contributed by atoms with Gasteiger partial charge in [0.15, 0.2) is 12.5 Å². The number of aromatic nitrogens is 4. The summed E-state index contributed by atoms with van der Waals surface area (Å²) in [5, 5.41) is 40.7. The van der Waals surface area contributed by atoms with Crippen molar-refractivity contribution < 1.29 is 103 Å². The van der Waals surface area contributed by atoms with E-state index in [1.54, 1.807) is 0 Å². The highest BCUT2D eigenvalue weighted by Crippen LogP contribution is 2.73. The van der Waals surface area contributed by atoms with Crippen molar-refractivity contribution in [1.82, 2.24) is 38.7 Å². The molecule has 118 heavy (non-hydrogen) atoms. The van der Waals surface area contributed by atoms with Crippen molar-refractivity contribution in [3.8, 4) is 0 Å². The van der Waals surface area contributed by atoms with E-state index in [0.29, 0.717) is 9.13 Å². The van der Waals surface area contributed by atoms with Gasteiger partial charge >= 0.3 is 42.7 Å². The second-order valence-electron chi connectivity index (χ2n) is 30.1. The van der Waals surface area contributed by atoms with Crippen LogP contribution in [0.15, 0.2) is 43.7 Å². The maximum atomic E-state index is 12.4. The van der Waals surface area contributed by atoms with Gasteiger partial charge in [0, 0.05) is 24.5 Å². The molecule has 2 aromatic heterocycles. The average Bonchev–Trinajstić information content (AvgIpc) is 1.70. The van der Waals surface area contributed by atoms with Crippen molar-refractivity contribution in [3.05, 3.63) is 66.2 Å². The zero-order valence-corrected chi connectivity index (χ0v) is 79.1. The smallest absolute Gasteiger partial charge is 0.442 e. The van der Waals surface area contributed by atoms with Crippen LogP contribution in [0.5, 0.6) is 0 Å². The summed E-state index contributed by atoms with van der Waals surface area (Å²) in [6.45, 7) is 51.7. The first-order valence-electron chi connectivity index (χ1n) is 44.2. The topological polar surface area (TPSA) is 448 Å². The Kier molecular flexibility index (Phi) is 69.7. The summed E-state index contributed by atoms with van der Waals surface area (Å²) < 4.78 is 97.0. The van der Waals surface area contributed by atoms with Crippen molar-refractivity contribution in [1.29, 1.82) is 0 Å². The number of aromatic amines is 2. The molecule has 34 nitrogen and oxygen atoms in total. The first kappa shape index (κ1) is 118. The molecule has 4 rings (SSSR count). The fraction of sp³-hybridized carbons (Fsp3) is 0.897. The summed E-state index contributed by atoms with van der Waals surface area (Å²) in [7, 11) is -25.3. The van der Waals surface area contributed by atoms with E-state index in [9.17, 15) is 82.0 Å². The normalized spacial score (nSPS) is 20.4. The minimum absolute atomic E-state index is 0.626. The Morgan fingerprint density at radius 1 is 0.356 bits per heavy atom. The number of H-pyrrole nitrogens is 2. The number of nitrogens with zero attached hydrogens (tertiary/aromatic N) is 6. The van der Waals surface area contributed by atoms with Crippen LogP contribution in [0.2, 0.25) is 0 Å². The molecule has 0 aliphatic carbocycles. The largest absolute Gasteiger partial charge is 0.485 e. The van der Waals surface area contributed by atoms with E-state index in [1.807, 2.05) is 14.9 Å². The minimum Gasteiger partial charge on any atom is -0.442 e. The molecule has 2 aliphatic rings. The maximum absolute atomic E-state index is 12.4. The van der Waals surface area contributed by atoms with Crippen LogP contribution in [0.4, 0.5) is 0 Å². The van der Waals surface area contributed by atoms with Crippen molar-refractivity contribution in [2.24, 2.45) is 0 Å². The second kappa shape index (κ2) is 69.9. The molecule has 0 aromatic carbocycles. The van der Waals surface area contributed by atoms with E-state index < -0.39 is 124 Å². The highest BCUT2D eigenvalue weighted by atomic mass is 31.3. The van der Waals surface area contributed by atoms with Crippen LogP contribution in [-0.2, 0) is 58.6 Å². The summed E-state index contributed by atoms with van der Waals surface area (Å²) >= 11 is 0. The first-order valence-corrected chi connectivity index (χ1v) is 51.8. The maximum Gasteiger partial charge on any atom is 0.485 e. The molecule has 40 heteroatoms. The molecule has 0 saturated carbocycles. The molecule has 12 atom stereocenters. The molecule has 4 heterocycles. The van der Waals surface area contributed by atoms with Gasteiger partial charge < -0.3 is 86.1 Å². The number of aliphatic hydroxyl groups excluding tert-OH is 4. The Labute approximate surface area is 708 Å². The van der Waals surface area contributed by atoms with Gasteiger partial charge in [0.2, 0.25) is 0 Å². The fourth-order valence-electron chi connectivity index (χ4n) is 12.0. The van der Waals surface area contributed by atoms with E-state index >= 15 is 0 Å². The molecule has 2 saturated heterocycles. The SMILES string of the molecule is CCCCN(CCCC)CCCC.CCCCN(CCCC)CCCC.CCCCN(CCCC)CCCC.CCCCN(CCCC)CCCC.CCCC[NH+](CCCC)CCCC.[B-]P(=O)(OP(=O)(O)OP(=O)(O)OC[C@H]1O[C@@H](n2ccc(=O)[nH]c2=O)[C@H](O)[C@@H]1O)OP(=O)(O)OP(=O)(O)OC[C@H]1O[C@@H](n2ccc(=O)[nH]c2=O)[C@H](O)[C@@H]1O. The van der Waals surface area contributed by atoms with Crippen molar-refractivity contribution in [2.75, 3.05) is 111 Å². The van der Waals surface area contributed by atoms with Gasteiger partial charge in [-0.1, -0.05) is 200 Å². The number of aliphatic hydroxyl groups is 4. The molecule has 2 fully saturated rings. The lowest BCUT2D eigenvalue weighted by Gasteiger charge is -2.29. The number of rotatable bonds is 61. The molecule has 2 aromatic rings. The third-order valence-corrected chi connectivity index (χ3v) is 26.9. The number of phosphoric ester groups is 2. The standard InChI is InChI=1S/C18H26BN4O25P5.5C12H27N/c19-49(32,45-52(37,38)47-50(33,34)41-5-7-11(26)13(28)15(43-7)22-3-1-9(24)20-17(22)30)46-53(39,40)48-51(35,36)42-6-8-12(27)14(29)16(44-8)23-4-2-10(25)21-18(23)31;5*1-4-7-10-13(11-8-5-2)12-9-6-3/h1-4,7-8,11-16,26-29H,5-6H2,(H,33,34)(H,35,36)(H,37,38)(H,39,40)(H,20,24,30)(H,21,25,31);5*4-12H2,1-3H3/q-1;;;;;/p+1/t7-,8-,11-,12-,13-,14-,15-,16-;;;;;/m1...../s1. The van der Waals surface area contributed by atoms with Crippen molar-refractivity contribution >= 4 is 46.3 Å². The Morgan fingerprint density at radius 3 is 0.763 bits per heavy atom. The van der Waals surface area contributed by atoms with Crippen LogP contribution in [0.1, 0.15) is 309 Å². The van der Waals surface area contributed by atoms with Gasteiger partial charge in [-0.15, -0.1) is 0 Å². The van der Waals surface area contributed by atoms with Gasteiger partial charge in [-0.2, -0.15) is 8.62 Å². The molecular weight excluding hydrogens is 1630 g/mol. The molecule has 0 spiro atoms. The predicted molar refractivity (Wildman–Crippen MR) is 468 cm³/mol. The molecule has 11 N–H and O–H groups in total. The van der Waals surface area contributed by atoms with Gasteiger partial charge in [-0.05, 0) is 175 Å². The van der Waals surface area contributed by atoms with Gasteiger partial charge in [-0.3, -0.25) is 37.7 Å². The van der Waals surface area contributed by atoms with Crippen LogP contribution < -0.4 is 27.4 Å². The quantitative estimate of drug-likeness (QED) is 0.0216. The van der Waals surface area contributed by atoms with E-state index in [4.69, 9.17) is 17.0 Å². The third-order valence-electron chi connectivity index (χ3n) is 19.2. The average molecular weight is 1790 g/mol. The summed E-state index contributed by atoms with van der Waals surface area (Å²) in [5.74, 6) is 0. The van der Waals surface area contributed by atoms with E-state index in [2.05, 4.69) is 150 Å². The molecule has 0 amide bonds. The molecule has 2 aliphatic heterocycles. The van der Waals surface area contributed by atoms with Gasteiger partial charge in [0.05, 0.1) is 40.3 Å². The van der Waals surface area contributed by atoms with E-state index in [1.165, 1.54) is 291 Å². The molecule has 3 radical (unpaired) electrons. The Morgan fingerprint density at radius 2 is 0.568 bits per heavy atom. The van der Waals surface area contributed by atoms with Crippen LogP contribution in [-0.4, -0.2) is 234 Å². The number of nitrogens with one attached hydrogen (secondary N) is 3. The number of quaternary nitrogens is 1. The second-order valence-corrected chi connectivity index (χ2v) is 38.1. The van der Waals surface area contributed by atoms with Crippen LogP contribution in [0, 0.1) is 0 Å². The summed E-state index contributed by atoms with van der Waals surface area (Å²) in [5.41, 5.74) is -3.84. The zero-order chi connectivity index (χ0) is 89.6. The number of hydrogen-bond donors (Lipinski definition) is 11. The number of ether oxygens (including phenoxy) is 2. The highest BCUT2D eigenvalue weighted by molar-refractivity contribution is 7.87. The summed E-state index contributed by atoms with van der Waals surface area (Å²) in [6.07, 6.45) is 27.8. The van der Waals surface area contributed by atoms with Crippen LogP contribution >= 0.6 is 38.8 Å². The minimum atomic E-state index is -6.26. The molecular formula is C78H162BN9O25P5. The molecule has 697 valence electrons. The fourth-order valence-corrected chi connectivity index (χ4v) is 18.6. The third kappa shape index (κ3) is 56.7. The number of unbranched alkanes of at least 4 members (excludes halogenated alkanes) is 15. The number of phosphoric acid groups is 4. The lowest BCUT2D eigenvalue weighted by Crippen LogP contribution is -3.12. The first-order chi connectivity index (χ1) is 55.9. The predicted octanol–water partition coefficient (Wildman–Crippen LogP) is 13.1. The van der Waals surface area contributed by atoms with Gasteiger partial charge in [0.25, 0.3) is 11.1 Å². The molecule has 4 unspecified atom stereocenters. The van der Waals surface area contributed by atoms with E-state index in [0.717, 1.165) is 24.5 Å². The Bertz CT molecular complexity index is 2920. The summed E-state index contributed by atoms with van der Waals surface area (Å²) in [4.78, 5) is 102. The van der Waals surface area contributed by atoms with Gasteiger partial charge in [0.1, 0.15) is 36.6 Å². The lowest BCUT2D eigenvalue weighted by atomic mass is 10.1. The molecule has 0 bridgehead atoms. The van der Waals surface area contributed by atoms with Gasteiger partial charge in [-0.25, -0.2) is 36.5 Å². The van der Waals surface area contributed by atoms with Crippen LogP contribution in [0.3, 0.4) is 0 Å². The Balaban J connectivity index is 0.